The summed E-state index contributed by atoms with van der Waals surface area (Å²) in [5.41, 5.74) is 6.02. The second-order valence-corrected chi connectivity index (χ2v) is 6.76. The first-order chi connectivity index (χ1) is 13.1. The van der Waals surface area contributed by atoms with Crippen molar-refractivity contribution in [1.29, 1.82) is 0 Å². The summed E-state index contributed by atoms with van der Waals surface area (Å²) in [4.78, 5) is 25.7. The summed E-state index contributed by atoms with van der Waals surface area (Å²) in [6, 6.07) is 25.4. The van der Waals surface area contributed by atoms with E-state index in [2.05, 4.69) is 5.43 Å². The van der Waals surface area contributed by atoms with E-state index >= 15 is 0 Å². The lowest BCUT2D eigenvalue weighted by Crippen LogP contribution is -2.49. The molecule has 0 spiro atoms. The van der Waals surface area contributed by atoms with Gasteiger partial charge in [-0.25, -0.2) is 5.01 Å². The fourth-order valence-corrected chi connectivity index (χ4v) is 4.01. The van der Waals surface area contributed by atoms with E-state index in [0.29, 0.717) is 0 Å². The number of hydrogen-bond donors (Lipinski definition) is 1. The SMILES string of the molecule is CC(=O)NN1C(=O)C(c2ccccc2)(c2ccccc2)c2cccc(C)c21. The zero-order valence-electron chi connectivity index (χ0n) is 15.3. The molecule has 2 amide bonds. The highest BCUT2D eigenvalue weighted by atomic mass is 16.2. The molecule has 1 aliphatic rings. The van der Waals surface area contributed by atoms with Gasteiger partial charge in [0.1, 0.15) is 5.41 Å². The summed E-state index contributed by atoms with van der Waals surface area (Å²) >= 11 is 0. The van der Waals surface area contributed by atoms with Gasteiger partial charge in [0.2, 0.25) is 5.91 Å². The monoisotopic (exact) mass is 356 g/mol. The van der Waals surface area contributed by atoms with Gasteiger partial charge in [-0.2, -0.15) is 0 Å². The molecule has 0 fully saturated rings. The summed E-state index contributed by atoms with van der Waals surface area (Å²) in [6.07, 6.45) is 0. The first kappa shape index (κ1) is 17.0. The van der Waals surface area contributed by atoms with Crippen LogP contribution in [0.3, 0.4) is 0 Å². The highest BCUT2D eigenvalue weighted by Crippen LogP contribution is 2.50. The van der Waals surface area contributed by atoms with Gasteiger partial charge in [0, 0.05) is 12.5 Å². The molecule has 0 aromatic heterocycles. The molecule has 4 heteroatoms. The minimum Gasteiger partial charge on any atom is -0.274 e. The number of amides is 2. The normalized spacial score (nSPS) is 14.7. The van der Waals surface area contributed by atoms with Crippen LogP contribution in [0.4, 0.5) is 5.69 Å². The zero-order chi connectivity index (χ0) is 19.0. The summed E-state index contributed by atoms with van der Waals surface area (Å²) < 4.78 is 0. The molecule has 0 radical (unpaired) electrons. The average Bonchev–Trinajstić information content (AvgIpc) is 2.93. The van der Waals surface area contributed by atoms with E-state index < -0.39 is 5.41 Å². The van der Waals surface area contributed by atoms with Crippen LogP contribution >= 0.6 is 0 Å². The lowest BCUT2D eigenvalue weighted by molar-refractivity contribution is -0.126. The van der Waals surface area contributed by atoms with Crippen molar-refractivity contribution >= 4 is 17.5 Å². The fraction of sp³-hybridized carbons (Fsp3) is 0.130. The third kappa shape index (κ3) is 2.45. The van der Waals surface area contributed by atoms with E-state index in [4.69, 9.17) is 0 Å². The molecule has 4 rings (SSSR count). The predicted octanol–water partition coefficient (Wildman–Crippen LogP) is 3.73. The van der Waals surface area contributed by atoms with E-state index in [1.165, 1.54) is 11.9 Å². The van der Waals surface area contributed by atoms with Crippen LogP contribution in [-0.4, -0.2) is 11.8 Å². The Morgan fingerprint density at radius 2 is 1.41 bits per heavy atom. The Kier molecular flexibility index (Phi) is 4.04. The van der Waals surface area contributed by atoms with Crippen molar-refractivity contribution in [2.75, 3.05) is 5.01 Å². The number of hydrazine groups is 1. The van der Waals surface area contributed by atoms with Crippen LogP contribution < -0.4 is 10.4 Å². The van der Waals surface area contributed by atoms with Crippen LogP contribution in [-0.2, 0) is 15.0 Å². The standard InChI is InChI=1S/C23H20N2O2/c1-16-10-9-15-20-21(16)25(24-17(2)26)22(27)23(20,18-11-5-3-6-12-18)19-13-7-4-8-14-19/h3-15H,1-2H3,(H,24,26). The highest BCUT2D eigenvalue weighted by molar-refractivity contribution is 6.14. The molecule has 1 N–H and O–H groups in total. The van der Waals surface area contributed by atoms with E-state index in [1.54, 1.807) is 0 Å². The number of nitrogens with one attached hydrogen (secondary N) is 1. The number of carbonyl (C=O) groups is 2. The van der Waals surface area contributed by atoms with Crippen LogP contribution in [0.5, 0.6) is 0 Å². The van der Waals surface area contributed by atoms with Crippen molar-refractivity contribution in [2.24, 2.45) is 0 Å². The Morgan fingerprint density at radius 1 is 0.852 bits per heavy atom. The first-order valence-electron chi connectivity index (χ1n) is 8.89. The summed E-state index contributed by atoms with van der Waals surface area (Å²) in [5, 5.41) is 1.41. The van der Waals surface area contributed by atoms with Crippen molar-refractivity contribution in [3.8, 4) is 0 Å². The van der Waals surface area contributed by atoms with Crippen molar-refractivity contribution in [3.63, 3.8) is 0 Å². The molecule has 3 aromatic carbocycles. The second kappa shape index (κ2) is 6.40. The quantitative estimate of drug-likeness (QED) is 0.777. The van der Waals surface area contributed by atoms with Gasteiger partial charge in [0.05, 0.1) is 5.69 Å². The van der Waals surface area contributed by atoms with Gasteiger partial charge in [0.25, 0.3) is 5.91 Å². The molecule has 0 saturated heterocycles. The van der Waals surface area contributed by atoms with E-state index in [1.807, 2.05) is 85.8 Å². The molecule has 0 atom stereocenters. The van der Waals surface area contributed by atoms with Gasteiger partial charge in [-0.1, -0.05) is 78.9 Å². The molecule has 0 unspecified atom stereocenters. The number of fused-ring (bicyclic) bond motifs is 1. The molecule has 0 saturated carbocycles. The Bertz CT molecular complexity index is 974. The van der Waals surface area contributed by atoms with Crippen LogP contribution in [0.25, 0.3) is 0 Å². The lowest BCUT2D eigenvalue weighted by atomic mass is 9.70. The van der Waals surface area contributed by atoms with Gasteiger partial charge in [-0.05, 0) is 23.6 Å². The minimum absolute atomic E-state index is 0.181. The lowest BCUT2D eigenvalue weighted by Gasteiger charge is -2.30. The molecule has 3 aromatic rings. The summed E-state index contributed by atoms with van der Waals surface area (Å²) in [6.45, 7) is 3.36. The maximum atomic E-state index is 13.9. The first-order valence-corrected chi connectivity index (χ1v) is 8.89. The number of anilines is 1. The van der Waals surface area contributed by atoms with Crippen molar-refractivity contribution in [2.45, 2.75) is 19.3 Å². The third-order valence-corrected chi connectivity index (χ3v) is 5.07. The van der Waals surface area contributed by atoms with Gasteiger partial charge >= 0.3 is 0 Å². The number of nitrogens with zero attached hydrogens (tertiary/aromatic N) is 1. The Hall–Kier alpha value is -3.40. The molecular formula is C23H20N2O2. The number of benzene rings is 3. The van der Waals surface area contributed by atoms with Crippen LogP contribution in [0.1, 0.15) is 29.2 Å². The Balaban J connectivity index is 2.10. The maximum Gasteiger partial charge on any atom is 0.265 e. The predicted molar refractivity (Wildman–Crippen MR) is 105 cm³/mol. The highest BCUT2D eigenvalue weighted by Gasteiger charge is 2.54. The largest absolute Gasteiger partial charge is 0.274 e. The fourth-order valence-electron chi connectivity index (χ4n) is 4.01. The number of para-hydroxylation sites is 1. The molecule has 1 aliphatic heterocycles. The minimum atomic E-state index is -1.01. The Morgan fingerprint density at radius 3 is 1.93 bits per heavy atom. The number of aryl methyl sites for hydroxylation is 1. The van der Waals surface area contributed by atoms with Crippen LogP contribution in [0, 0.1) is 6.92 Å². The van der Waals surface area contributed by atoms with Gasteiger partial charge < -0.3 is 0 Å². The Labute approximate surface area is 158 Å². The molecular weight excluding hydrogens is 336 g/mol. The van der Waals surface area contributed by atoms with E-state index in [0.717, 1.165) is 27.9 Å². The van der Waals surface area contributed by atoms with Gasteiger partial charge in [0.15, 0.2) is 0 Å². The smallest absolute Gasteiger partial charge is 0.265 e. The molecule has 134 valence electrons. The molecule has 27 heavy (non-hydrogen) atoms. The topological polar surface area (TPSA) is 49.4 Å². The van der Waals surface area contributed by atoms with Crippen molar-refractivity contribution in [3.05, 3.63) is 101 Å². The molecule has 0 aliphatic carbocycles. The second-order valence-electron chi connectivity index (χ2n) is 6.76. The van der Waals surface area contributed by atoms with Crippen molar-refractivity contribution in [1.82, 2.24) is 5.43 Å². The summed E-state index contributed by atoms with van der Waals surface area (Å²) in [7, 11) is 0. The van der Waals surface area contributed by atoms with Crippen molar-refractivity contribution < 1.29 is 9.59 Å². The number of rotatable bonds is 3. The van der Waals surface area contributed by atoms with Crippen LogP contribution in [0.15, 0.2) is 78.9 Å². The maximum absolute atomic E-state index is 13.9. The molecule has 1 heterocycles. The third-order valence-electron chi connectivity index (χ3n) is 5.07. The zero-order valence-corrected chi connectivity index (χ0v) is 15.3. The average molecular weight is 356 g/mol. The van der Waals surface area contributed by atoms with Crippen LogP contribution in [0.2, 0.25) is 0 Å². The number of carbonyl (C=O) groups excluding carboxylic acids is 2. The van der Waals surface area contributed by atoms with E-state index in [-0.39, 0.29) is 11.8 Å². The summed E-state index contributed by atoms with van der Waals surface area (Å²) in [5.74, 6) is -0.464. The molecule has 0 bridgehead atoms. The molecule has 4 nitrogen and oxygen atoms in total. The van der Waals surface area contributed by atoms with Gasteiger partial charge in [-0.15, -0.1) is 0 Å². The van der Waals surface area contributed by atoms with E-state index in [9.17, 15) is 9.59 Å². The van der Waals surface area contributed by atoms with Gasteiger partial charge in [-0.3, -0.25) is 15.0 Å². The number of hydrogen-bond acceptors (Lipinski definition) is 2.